The van der Waals surface area contributed by atoms with Gasteiger partial charge < -0.3 is 78.2 Å². The molecule has 4 aromatic carbocycles. The number of imidazole rings is 2. The molecular weight excluding hydrogens is 1540 g/mol. The van der Waals surface area contributed by atoms with Crippen LogP contribution in [0.1, 0.15) is 99.6 Å². The molecule has 6 aromatic rings. The van der Waals surface area contributed by atoms with E-state index in [0.29, 0.717) is 48.6 Å². The molecule has 2 aliphatic heterocycles. The quantitative estimate of drug-likeness (QED) is 0.00917. The first-order chi connectivity index (χ1) is 55.6. The van der Waals surface area contributed by atoms with Gasteiger partial charge in [-0.05, 0) is 82.3 Å². The standard InChI is InChI=1S/2C37H40N6O15/c2*1-40-27(22-38-36(40)43(52)53)24-56-32-10-4-25(23-57-37(49)58-30-8-5-26(6-9-30)42(50)51)21-31(32)39-33(46)11-7-29(45)15-18-55-20-19-54-17-2-3-28(44)14-16-41-34(47)12-13-35(41)48/h2*4-6,8-10,12-13,21-22H,2-3,7,11,14-20,23-24H2,1H3,(H,39,46). The van der Waals surface area contributed by atoms with Crippen molar-refractivity contribution in [3.05, 3.63) is 185 Å². The monoisotopic (exact) mass is 1620 g/mol. The van der Waals surface area contributed by atoms with Crippen molar-refractivity contribution in [1.82, 2.24) is 28.9 Å². The average molecular weight is 1620 g/mol. The van der Waals surface area contributed by atoms with Crippen molar-refractivity contribution in [2.75, 3.05) is 76.6 Å². The van der Waals surface area contributed by atoms with Gasteiger partial charge >= 0.3 is 24.2 Å². The summed E-state index contributed by atoms with van der Waals surface area (Å²) in [4.78, 5) is 197. The van der Waals surface area contributed by atoms with E-state index in [9.17, 15) is 98.0 Å². The van der Waals surface area contributed by atoms with Crippen molar-refractivity contribution in [3.8, 4) is 23.0 Å². The van der Waals surface area contributed by atoms with Crippen molar-refractivity contribution < 1.29 is 125 Å². The van der Waals surface area contributed by atoms with Gasteiger partial charge in [0.25, 0.3) is 35.0 Å². The molecule has 116 heavy (non-hydrogen) atoms. The number of rotatable bonds is 50. The summed E-state index contributed by atoms with van der Waals surface area (Å²) >= 11 is 0. The van der Waals surface area contributed by atoms with E-state index in [-0.39, 0.29) is 212 Å². The Morgan fingerprint density at radius 1 is 0.397 bits per heavy atom. The fourth-order valence-electron chi connectivity index (χ4n) is 10.3. The average Bonchev–Trinajstić information content (AvgIpc) is 1.26. The topological polar surface area (TPSA) is 536 Å². The number of benzene rings is 4. The number of anilines is 2. The van der Waals surface area contributed by atoms with Gasteiger partial charge in [-0.2, -0.15) is 0 Å². The molecule has 2 aromatic heterocycles. The minimum absolute atomic E-state index is 0.0142. The van der Waals surface area contributed by atoms with Crippen LogP contribution in [0.15, 0.2) is 122 Å². The largest absolute Gasteiger partial charge is 0.514 e. The van der Waals surface area contributed by atoms with Crippen molar-refractivity contribution in [2.24, 2.45) is 14.1 Å². The van der Waals surface area contributed by atoms with Crippen LogP contribution in [0.5, 0.6) is 23.0 Å². The van der Waals surface area contributed by atoms with Crippen molar-refractivity contribution in [1.29, 1.82) is 0 Å². The van der Waals surface area contributed by atoms with Crippen molar-refractivity contribution >= 4 is 106 Å². The number of aromatic nitrogens is 4. The number of amides is 6. The SMILES string of the molecule is Cn1c(COc2ccc(COC(=O)Oc3ccc([N+](=O)[O-])cc3)cc2NC(=O)CCC(=O)CCOCCOCCCC(=O)CCN2C(=O)C=CC2=O)cnc1[N+](=O)[O-].Cn1c(COc2ccc(COC(=O)Oc3ccc([N+](=O)[O-])cc3)cc2NC(=O)CCC(=O)CCOCCOCCCC(=O)CCN2C(=O)C=CC2=O)cnc1[N+](=O)[O-]. The van der Waals surface area contributed by atoms with Crippen molar-refractivity contribution in [3.63, 3.8) is 0 Å². The number of nitro groups is 4. The maximum absolute atomic E-state index is 12.9. The Morgan fingerprint density at radius 3 is 1.08 bits per heavy atom. The number of hydrogen-bond acceptors (Lipinski definition) is 32. The van der Waals surface area contributed by atoms with Gasteiger partial charge in [-0.3, -0.25) is 78.0 Å². The number of ketones is 4. The molecule has 42 nitrogen and oxygen atoms in total. The number of carbonyl (C=O) groups is 12. The van der Waals surface area contributed by atoms with Crippen LogP contribution in [0.25, 0.3) is 0 Å². The number of nitrogens with zero attached hydrogens (tertiary/aromatic N) is 10. The van der Waals surface area contributed by atoms with E-state index >= 15 is 0 Å². The van der Waals surface area contributed by atoms with Gasteiger partial charge in [0.15, 0.2) is 11.4 Å². The lowest BCUT2D eigenvalue weighted by molar-refractivity contribution is -0.396. The fourth-order valence-corrected chi connectivity index (χ4v) is 10.3. The number of nitro benzene ring substituents is 2. The number of non-ortho nitro benzene ring substituents is 2. The van der Waals surface area contributed by atoms with Crippen LogP contribution in [0.4, 0.5) is 44.2 Å². The highest BCUT2D eigenvalue weighted by molar-refractivity contribution is 6.13. The summed E-state index contributed by atoms with van der Waals surface area (Å²) in [5.41, 5.74) is 1.43. The maximum atomic E-state index is 12.9. The Bertz CT molecular complexity index is 4310. The Morgan fingerprint density at radius 2 is 0.741 bits per heavy atom. The molecule has 0 unspecified atom stereocenters. The van der Waals surface area contributed by atoms with Gasteiger partial charge in [-0.15, -0.1) is 0 Å². The molecule has 42 heteroatoms. The zero-order chi connectivity index (χ0) is 84.1. The predicted octanol–water partition coefficient (Wildman–Crippen LogP) is 7.81. The molecule has 0 radical (unpaired) electrons. The minimum atomic E-state index is -1.10. The summed E-state index contributed by atoms with van der Waals surface area (Å²) in [6, 6.07) is 18.5. The zero-order valence-electron chi connectivity index (χ0n) is 62.7. The predicted molar refractivity (Wildman–Crippen MR) is 397 cm³/mol. The van der Waals surface area contributed by atoms with Crippen LogP contribution >= 0.6 is 0 Å². The van der Waals surface area contributed by atoms with Crippen molar-refractivity contribution in [2.45, 2.75) is 103 Å². The summed E-state index contributed by atoms with van der Waals surface area (Å²) in [6.07, 6.45) is 6.12. The summed E-state index contributed by atoms with van der Waals surface area (Å²) < 4.78 is 56.3. The number of carbonyl (C=O) groups excluding carboxylic acids is 12. The lowest BCUT2D eigenvalue weighted by atomic mass is 10.1. The Kier molecular flexibility index (Phi) is 35.7. The van der Waals surface area contributed by atoms with Crippen LogP contribution in [0.3, 0.4) is 0 Å². The first kappa shape index (κ1) is 89.5. The van der Waals surface area contributed by atoms with E-state index in [2.05, 4.69) is 20.6 Å². The summed E-state index contributed by atoms with van der Waals surface area (Å²) in [7, 11) is 2.89. The zero-order valence-corrected chi connectivity index (χ0v) is 62.7. The fraction of sp³-hybridized carbons (Fsp3) is 0.378. The third-order valence-electron chi connectivity index (χ3n) is 16.6. The molecule has 8 rings (SSSR count). The molecule has 4 heterocycles. The molecule has 0 spiro atoms. The normalized spacial score (nSPS) is 12.1. The molecule has 616 valence electrons. The lowest BCUT2D eigenvalue weighted by Crippen LogP contribution is -2.32. The van der Waals surface area contributed by atoms with Gasteiger partial charge in [-0.1, -0.05) is 22.1 Å². The van der Waals surface area contributed by atoms with Crippen LogP contribution < -0.4 is 29.6 Å². The second-order valence-corrected chi connectivity index (χ2v) is 25.0. The Balaban J connectivity index is 0.000000321. The van der Waals surface area contributed by atoms with Gasteiger partial charge in [-0.25, -0.2) is 18.7 Å². The summed E-state index contributed by atoms with van der Waals surface area (Å²) in [5.74, 6) is -3.87. The van der Waals surface area contributed by atoms with E-state index in [1.165, 1.54) is 121 Å². The summed E-state index contributed by atoms with van der Waals surface area (Å²) in [6.45, 7) is 0.848. The molecule has 0 aliphatic carbocycles. The third kappa shape index (κ3) is 30.4. The molecule has 2 N–H and O–H groups in total. The number of ether oxygens (including phenoxy) is 10. The van der Waals surface area contributed by atoms with E-state index in [0.717, 1.165) is 34.1 Å². The first-order valence-corrected chi connectivity index (χ1v) is 35.6. The Labute approximate surface area is 658 Å². The molecule has 0 saturated carbocycles. The maximum Gasteiger partial charge on any atom is 0.514 e. The number of Topliss-reactive ketones (excluding diaryl/α,β-unsaturated/α-hetero) is 4. The lowest BCUT2D eigenvalue weighted by Gasteiger charge is -2.14. The molecule has 0 bridgehead atoms. The van der Waals surface area contributed by atoms with Gasteiger partial charge in [0.2, 0.25) is 11.8 Å². The molecule has 6 amide bonds. The molecule has 0 atom stereocenters. The van der Waals surface area contributed by atoms with E-state index < -0.39 is 79.3 Å². The second-order valence-electron chi connectivity index (χ2n) is 25.0. The number of imide groups is 2. The smallest absolute Gasteiger partial charge is 0.484 e. The van der Waals surface area contributed by atoms with Crippen LogP contribution in [-0.4, -0.2) is 185 Å². The van der Waals surface area contributed by atoms with E-state index in [1.54, 1.807) is 0 Å². The number of hydrogen-bond donors (Lipinski definition) is 2. The molecule has 0 fully saturated rings. The van der Waals surface area contributed by atoms with Gasteiger partial charge in [0, 0.05) is 139 Å². The van der Waals surface area contributed by atoms with Crippen LogP contribution in [0.2, 0.25) is 0 Å². The molecular formula is C74H80N12O30. The molecule has 2 aliphatic rings. The highest BCUT2D eigenvalue weighted by atomic mass is 16.7. The summed E-state index contributed by atoms with van der Waals surface area (Å²) in [5, 5.41) is 49.4. The van der Waals surface area contributed by atoms with Gasteiger partial charge in [0.05, 0.1) is 75.0 Å². The minimum Gasteiger partial charge on any atom is -0.484 e. The number of nitrogens with one attached hydrogen (secondary N) is 2. The molecule has 0 saturated heterocycles. The van der Waals surface area contributed by atoms with Gasteiger partial charge in [0.1, 0.15) is 85.0 Å². The highest BCUT2D eigenvalue weighted by Crippen LogP contribution is 2.31. The van der Waals surface area contributed by atoms with E-state index in [1.807, 2.05) is 0 Å². The highest BCUT2D eigenvalue weighted by Gasteiger charge is 2.27. The third-order valence-corrected chi connectivity index (χ3v) is 16.6. The first-order valence-electron chi connectivity index (χ1n) is 35.6. The second kappa shape index (κ2) is 46.3. The Hall–Kier alpha value is -13.7. The van der Waals surface area contributed by atoms with Crippen LogP contribution in [0, 0.1) is 40.5 Å². The van der Waals surface area contributed by atoms with Crippen LogP contribution in [-0.2, 0) is 117 Å². The van der Waals surface area contributed by atoms with E-state index in [4.69, 9.17) is 47.4 Å².